The Bertz CT molecular complexity index is 1000. The van der Waals surface area contributed by atoms with Gasteiger partial charge in [-0.05, 0) is 70.1 Å². The Balaban J connectivity index is 1.83. The molecule has 0 spiro atoms. The van der Waals surface area contributed by atoms with Crippen molar-refractivity contribution in [1.82, 2.24) is 0 Å². The maximum atomic E-state index is 12.2. The lowest BCUT2D eigenvalue weighted by Gasteiger charge is -2.39. The van der Waals surface area contributed by atoms with Crippen molar-refractivity contribution in [2.45, 2.75) is 25.3 Å². The minimum Gasteiger partial charge on any atom is -0.493 e. The van der Waals surface area contributed by atoms with Gasteiger partial charge in [0.25, 0.3) is 0 Å². The van der Waals surface area contributed by atoms with E-state index in [1.807, 2.05) is 19.1 Å². The summed E-state index contributed by atoms with van der Waals surface area (Å²) in [5, 5.41) is 3.72. The van der Waals surface area contributed by atoms with Crippen LogP contribution in [0.4, 0.5) is 5.69 Å². The van der Waals surface area contributed by atoms with Crippen LogP contribution in [0.1, 0.15) is 45.4 Å². The zero-order valence-corrected chi connectivity index (χ0v) is 18.5. The fourth-order valence-corrected chi connectivity index (χ4v) is 5.21. The number of hydrogen-bond acceptors (Lipinski definition) is 5. The number of carbonyl (C=O) groups is 1. The van der Waals surface area contributed by atoms with Crippen molar-refractivity contribution >= 4 is 27.6 Å². The average molecular weight is 458 g/mol. The van der Waals surface area contributed by atoms with E-state index in [9.17, 15) is 4.79 Å². The molecule has 3 unspecified atom stereocenters. The highest BCUT2D eigenvalue weighted by Gasteiger charge is 2.39. The van der Waals surface area contributed by atoms with E-state index in [1.165, 1.54) is 12.7 Å². The number of hydrogen-bond donors (Lipinski definition) is 1. The fourth-order valence-electron chi connectivity index (χ4n) is 4.59. The van der Waals surface area contributed by atoms with Gasteiger partial charge >= 0.3 is 5.97 Å². The molecule has 0 radical (unpaired) electrons. The highest BCUT2D eigenvalue weighted by Crippen LogP contribution is 2.52. The van der Waals surface area contributed by atoms with Crippen molar-refractivity contribution in [1.29, 1.82) is 0 Å². The first kappa shape index (κ1) is 19.8. The first-order valence-electron chi connectivity index (χ1n) is 9.56. The molecule has 29 heavy (non-hydrogen) atoms. The topological polar surface area (TPSA) is 56.8 Å². The van der Waals surface area contributed by atoms with E-state index in [4.69, 9.17) is 14.2 Å². The van der Waals surface area contributed by atoms with Crippen LogP contribution in [0.2, 0.25) is 0 Å². The lowest BCUT2D eigenvalue weighted by Crippen LogP contribution is -2.30. The normalized spacial score (nSPS) is 21.8. The number of fused-ring (bicyclic) bond motifs is 3. The predicted octanol–water partition coefficient (Wildman–Crippen LogP) is 5.39. The monoisotopic (exact) mass is 457 g/mol. The molecule has 0 amide bonds. The standard InChI is InChI=1S/C23H24BrNO4/c1-12-14(23(26)29-4)8-9-17-15-6-5-7-16(15)21(25-20(12)17)13-10-18(24)22(28-3)19(11-13)27-2/h5-6,8-11,15-16,21,25H,7H2,1-4H3. The molecule has 2 aromatic carbocycles. The zero-order valence-electron chi connectivity index (χ0n) is 16.9. The molecule has 1 N–H and O–H groups in total. The molecule has 3 atom stereocenters. The van der Waals surface area contributed by atoms with Crippen LogP contribution in [-0.2, 0) is 4.74 Å². The van der Waals surface area contributed by atoms with Gasteiger partial charge in [0.1, 0.15) is 0 Å². The van der Waals surface area contributed by atoms with Crippen molar-refractivity contribution in [2.75, 3.05) is 26.6 Å². The molecule has 4 rings (SSSR count). The van der Waals surface area contributed by atoms with E-state index in [1.54, 1.807) is 14.2 Å². The quantitative estimate of drug-likeness (QED) is 0.492. The predicted molar refractivity (Wildman–Crippen MR) is 116 cm³/mol. The molecule has 1 aliphatic heterocycles. The van der Waals surface area contributed by atoms with Crippen LogP contribution in [-0.4, -0.2) is 27.3 Å². The Morgan fingerprint density at radius 2 is 1.97 bits per heavy atom. The van der Waals surface area contributed by atoms with Crippen LogP contribution >= 0.6 is 15.9 Å². The summed E-state index contributed by atoms with van der Waals surface area (Å²) >= 11 is 3.61. The third kappa shape index (κ3) is 3.19. The molecule has 0 fully saturated rings. The number of benzene rings is 2. The summed E-state index contributed by atoms with van der Waals surface area (Å²) < 4.78 is 16.8. The van der Waals surface area contributed by atoms with Gasteiger partial charge in [-0.15, -0.1) is 0 Å². The largest absolute Gasteiger partial charge is 0.493 e. The molecule has 6 heteroatoms. The van der Waals surface area contributed by atoms with Gasteiger partial charge in [-0.3, -0.25) is 0 Å². The Morgan fingerprint density at radius 1 is 1.17 bits per heavy atom. The van der Waals surface area contributed by atoms with Crippen molar-refractivity contribution in [2.24, 2.45) is 5.92 Å². The van der Waals surface area contributed by atoms with Crippen LogP contribution in [0.3, 0.4) is 0 Å². The molecule has 1 aliphatic carbocycles. The van der Waals surface area contributed by atoms with Crippen molar-refractivity contribution < 1.29 is 19.0 Å². The molecular weight excluding hydrogens is 434 g/mol. The Labute approximate surface area is 179 Å². The third-order valence-corrected chi connectivity index (χ3v) is 6.61. The van der Waals surface area contributed by atoms with Gasteiger partial charge in [0.2, 0.25) is 0 Å². The highest BCUT2D eigenvalue weighted by atomic mass is 79.9. The van der Waals surface area contributed by atoms with Gasteiger partial charge in [-0.25, -0.2) is 4.79 Å². The number of ether oxygens (including phenoxy) is 3. The molecular formula is C23H24BrNO4. The summed E-state index contributed by atoms with van der Waals surface area (Å²) in [4.78, 5) is 12.2. The molecule has 2 aliphatic rings. The maximum Gasteiger partial charge on any atom is 0.338 e. The Morgan fingerprint density at radius 3 is 2.66 bits per heavy atom. The molecule has 0 saturated carbocycles. The van der Waals surface area contributed by atoms with Gasteiger partial charge in [-0.2, -0.15) is 0 Å². The number of allylic oxidation sites excluding steroid dienone is 2. The summed E-state index contributed by atoms with van der Waals surface area (Å²) in [5.41, 5.74) is 4.85. The van der Waals surface area contributed by atoms with Gasteiger partial charge in [-0.1, -0.05) is 18.2 Å². The summed E-state index contributed by atoms with van der Waals surface area (Å²) in [5.74, 6) is 1.73. The number of halogens is 1. The second-order valence-electron chi connectivity index (χ2n) is 7.41. The number of esters is 1. The molecule has 0 aromatic heterocycles. The van der Waals surface area contributed by atoms with E-state index in [0.717, 1.165) is 27.7 Å². The highest BCUT2D eigenvalue weighted by molar-refractivity contribution is 9.10. The van der Waals surface area contributed by atoms with Gasteiger partial charge in [0.05, 0.1) is 37.4 Å². The number of rotatable bonds is 4. The van der Waals surface area contributed by atoms with Gasteiger partial charge in [0, 0.05) is 11.6 Å². The van der Waals surface area contributed by atoms with E-state index in [2.05, 4.69) is 45.5 Å². The number of methoxy groups -OCH3 is 3. The van der Waals surface area contributed by atoms with Gasteiger partial charge in [0.15, 0.2) is 11.5 Å². The van der Waals surface area contributed by atoms with Crippen LogP contribution in [0.5, 0.6) is 11.5 Å². The van der Waals surface area contributed by atoms with Crippen molar-refractivity contribution in [3.63, 3.8) is 0 Å². The fraction of sp³-hybridized carbons (Fsp3) is 0.348. The van der Waals surface area contributed by atoms with E-state index < -0.39 is 0 Å². The SMILES string of the molecule is COC(=O)c1ccc2c(c1C)NC(c1cc(Br)c(OC)c(OC)c1)C1CC=CC21. The minimum absolute atomic E-state index is 0.0743. The summed E-state index contributed by atoms with van der Waals surface area (Å²) in [6.45, 7) is 1.97. The second-order valence-corrected chi connectivity index (χ2v) is 8.26. The third-order valence-electron chi connectivity index (χ3n) is 6.02. The van der Waals surface area contributed by atoms with Crippen molar-refractivity contribution in [3.8, 4) is 11.5 Å². The number of anilines is 1. The smallest absolute Gasteiger partial charge is 0.338 e. The summed E-state index contributed by atoms with van der Waals surface area (Å²) in [6, 6.07) is 8.11. The molecule has 0 bridgehead atoms. The van der Waals surface area contributed by atoms with E-state index in [0.29, 0.717) is 28.9 Å². The maximum absolute atomic E-state index is 12.2. The lowest BCUT2D eigenvalue weighted by atomic mass is 9.76. The molecule has 152 valence electrons. The second kappa shape index (κ2) is 7.75. The number of carbonyl (C=O) groups excluding carboxylic acids is 1. The van der Waals surface area contributed by atoms with Crippen LogP contribution < -0.4 is 14.8 Å². The van der Waals surface area contributed by atoms with Crippen LogP contribution in [0.25, 0.3) is 0 Å². The van der Waals surface area contributed by atoms with E-state index in [-0.39, 0.29) is 12.0 Å². The lowest BCUT2D eigenvalue weighted by molar-refractivity contribution is 0.0600. The van der Waals surface area contributed by atoms with Gasteiger partial charge < -0.3 is 19.5 Å². The first-order chi connectivity index (χ1) is 14.0. The van der Waals surface area contributed by atoms with Crippen LogP contribution in [0, 0.1) is 12.8 Å². The molecule has 0 saturated heterocycles. The Hall–Kier alpha value is -2.47. The Kier molecular flexibility index (Phi) is 5.30. The summed E-state index contributed by atoms with van der Waals surface area (Å²) in [7, 11) is 4.69. The molecule has 5 nitrogen and oxygen atoms in total. The summed E-state index contributed by atoms with van der Waals surface area (Å²) in [6.07, 6.45) is 5.52. The zero-order chi connectivity index (χ0) is 20.7. The van der Waals surface area contributed by atoms with Crippen LogP contribution in [0.15, 0.2) is 40.9 Å². The minimum atomic E-state index is -0.318. The average Bonchev–Trinajstić information content (AvgIpc) is 3.22. The first-order valence-corrected chi connectivity index (χ1v) is 10.4. The molecule has 1 heterocycles. The van der Waals surface area contributed by atoms with Crippen molar-refractivity contribution in [3.05, 3.63) is 63.1 Å². The van der Waals surface area contributed by atoms with E-state index >= 15 is 0 Å². The molecule has 2 aromatic rings. The number of nitrogens with one attached hydrogen (secondary N) is 1.